The van der Waals surface area contributed by atoms with Gasteiger partial charge >= 0.3 is 0 Å². The molecule has 4 atom stereocenters. The largest absolute Gasteiger partial charge is 0.376 e. The van der Waals surface area contributed by atoms with E-state index < -0.39 is 0 Å². The zero-order valence-electron chi connectivity index (χ0n) is 11.5. The molecule has 4 unspecified atom stereocenters. The summed E-state index contributed by atoms with van der Waals surface area (Å²) in [5.74, 6) is 0.278. The molecule has 7 heteroatoms. The van der Waals surface area contributed by atoms with Gasteiger partial charge in [0.2, 0.25) is 0 Å². The number of rotatable bonds is 4. The molecule has 110 valence electrons. The van der Waals surface area contributed by atoms with Crippen LogP contribution in [0.15, 0.2) is 0 Å². The van der Waals surface area contributed by atoms with Crippen LogP contribution in [-0.2, 0) is 11.2 Å². The Labute approximate surface area is 122 Å². The van der Waals surface area contributed by atoms with Gasteiger partial charge in [-0.1, -0.05) is 17.8 Å². The van der Waals surface area contributed by atoms with Crippen LogP contribution in [0, 0.1) is 5.92 Å². The third-order valence-corrected chi connectivity index (χ3v) is 4.99. The van der Waals surface area contributed by atoms with E-state index in [0.29, 0.717) is 10.8 Å². The Balaban J connectivity index is 1.65. The summed E-state index contributed by atoms with van der Waals surface area (Å²) in [7, 11) is 0. The number of hydrogen-bond donors (Lipinski definition) is 2. The molecule has 2 fully saturated rings. The normalized spacial score (nSPS) is 32.3. The van der Waals surface area contributed by atoms with Gasteiger partial charge < -0.3 is 15.8 Å². The third kappa shape index (κ3) is 2.34. The van der Waals surface area contributed by atoms with Crippen LogP contribution < -0.4 is 11.1 Å². The molecule has 0 radical (unpaired) electrons. The molecule has 1 aromatic rings. The van der Waals surface area contributed by atoms with Crippen molar-refractivity contribution in [2.75, 3.05) is 6.61 Å². The third-order valence-electron chi connectivity index (χ3n) is 4.22. The van der Waals surface area contributed by atoms with E-state index in [-0.39, 0.29) is 24.1 Å². The number of carbonyl (C=O) groups is 1. The molecule has 1 aromatic heterocycles. The topological polar surface area (TPSA) is 90.1 Å². The molecule has 1 aliphatic carbocycles. The van der Waals surface area contributed by atoms with Crippen LogP contribution in [0.3, 0.4) is 0 Å². The molecule has 0 spiro atoms. The minimum absolute atomic E-state index is 0.000226. The average molecular weight is 296 g/mol. The van der Waals surface area contributed by atoms with E-state index in [2.05, 4.69) is 21.8 Å². The first-order chi connectivity index (χ1) is 9.72. The van der Waals surface area contributed by atoms with E-state index in [1.165, 1.54) is 0 Å². The van der Waals surface area contributed by atoms with E-state index in [9.17, 15) is 4.79 Å². The molecule has 1 amide bonds. The van der Waals surface area contributed by atoms with E-state index in [4.69, 9.17) is 10.5 Å². The predicted molar refractivity (Wildman–Crippen MR) is 75.6 cm³/mol. The first-order valence-corrected chi connectivity index (χ1v) is 7.99. The van der Waals surface area contributed by atoms with Gasteiger partial charge in [-0.15, -0.1) is 5.10 Å². The second-order valence-corrected chi connectivity index (χ2v) is 6.27. The number of ether oxygens (including phenoxy) is 1. The molecule has 6 nitrogen and oxygen atoms in total. The quantitative estimate of drug-likeness (QED) is 0.854. The van der Waals surface area contributed by atoms with Crippen LogP contribution in [0.5, 0.6) is 0 Å². The minimum atomic E-state index is -0.114. The van der Waals surface area contributed by atoms with Crippen LogP contribution >= 0.6 is 11.5 Å². The van der Waals surface area contributed by atoms with Gasteiger partial charge in [-0.3, -0.25) is 4.79 Å². The smallest absolute Gasteiger partial charge is 0.265 e. The maximum Gasteiger partial charge on any atom is 0.265 e. The van der Waals surface area contributed by atoms with Crippen molar-refractivity contribution in [2.45, 2.75) is 50.8 Å². The Morgan fingerprint density at radius 1 is 1.60 bits per heavy atom. The maximum absolute atomic E-state index is 12.3. The number of hydrogen-bond acceptors (Lipinski definition) is 6. The van der Waals surface area contributed by atoms with Crippen LogP contribution in [0.25, 0.3) is 0 Å². The van der Waals surface area contributed by atoms with Gasteiger partial charge in [0.05, 0.1) is 17.8 Å². The number of nitrogens with zero attached hydrogens (tertiary/aromatic N) is 2. The van der Waals surface area contributed by atoms with Crippen molar-refractivity contribution in [3.05, 3.63) is 10.6 Å². The van der Waals surface area contributed by atoms with Gasteiger partial charge in [-0.05, 0) is 30.8 Å². The summed E-state index contributed by atoms with van der Waals surface area (Å²) >= 11 is 1.15. The van der Waals surface area contributed by atoms with Crippen molar-refractivity contribution in [1.82, 2.24) is 14.9 Å². The second-order valence-electron chi connectivity index (χ2n) is 5.52. The highest BCUT2D eigenvalue weighted by Gasteiger charge is 2.51. The lowest BCUT2D eigenvalue weighted by molar-refractivity contribution is -0.117. The standard InChI is InChI=1S/C13H20N4O2S/c1-2-4-8-12(20-17-16-8)13(18)15-10-9(14)7-5-3-6-19-11(7)10/h7,9-11H,2-6,14H2,1H3,(H,15,18). The van der Waals surface area contributed by atoms with Crippen molar-refractivity contribution < 1.29 is 9.53 Å². The van der Waals surface area contributed by atoms with Crippen molar-refractivity contribution >= 4 is 17.4 Å². The molecule has 1 saturated carbocycles. The van der Waals surface area contributed by atoms with Gasteiger partial charge in [-0.2, -0.15) is 0 Å². The first kappa shape index (κ1) is 13.9. The SMILES string of the molecule is CCCc1nnsc1C(=O)NC1C(N)C2CCCOC21. The monoisotopic (exact) mass is 296 g/mol. The lowest BCUT2D eigenvalue weighted by Crippen LogP contribution is -2.72. The number of aryl methyl sites for hydroxylation is 1. The molecule has 2 heterocycles. The Morgan fingerprint density at radius 2 is 2.45 bits per heavy atom. The fraction of sp³-hybridized carbons (Fsp3) is 0.769. The van der Waals surface area contributed by atoms with Gasteiger partial charge in [0.25, 0.3) is 5.91 Å². The molecule has 3 rings (SSSR count). The molecule has 1 aliphatic heterocycles. The Bertz CT molecular complexity index is 492. The van der Waals surface area contributed by atoms with Crippen molar-refractivity contribution in [2.24, 2.45) is 11.7 Å². The van der Waals surface area contributed by atoms with Crippen molar-refractivity contribution in [3.63, 3.8) is 0 Å². The van der Waals surface area contributed by atoms with Crippen LogP contribution in [0.2, 0.25) is 0 Å². The highest BCUT2D eigenvalue weighted by atomic mass is 32.1. The van der Waals surface area contributed by atoms with Crippen LogP contribution in [-0.4, -0.2) is 40.3 Å². The minimum Gasteiger partial charge on any atom is -0.376 e. The highest BCUT2D eigenvalue weighted by Crippen LogP contribution is 2.37. The molecule has 20 heavy (non-hydrogen) atoms. The lowest BCUT2D eigenvalue weighted by atomic mass is 9.68. The molecule has 0 aromatic carbocycles. The fourth-order valence-corrected chi connectivity index (χ4v) is 3.74. The van der Waals surface area contributed by atoms with Crippen LogP contribution in [0.4, 0.5) is 0 Å². The zero-order chi connectivity index (χ0) is 14.1. The van der Waals surface area contributed by atoms with Crippen molar-refractivity contribution in [3.8, 4) is 0 Å². The summed E-state index contributed by atoms with van der Waals surface area (Å²) in [5, 5.41) is 7.03. The van der Waals surface area contributed by atoms with Crippen LogP contribution in [0.1, 0.15) is 41.6 Å². The maximum atomic E-state index is 12.3. The molecule has 0 bridgehead atoms. The second kappa shape index (κ2) is 5.75. The predicted octanol–water partition coefficient (Wildman–Crippen LogP) is 0.725. The fourth-order valence-electron chi connectivity index (χ4n) is 3.12. The lowest BCUT2D eigenvalue weighted by Gasteiger charge is -2.52. The van der Waals surface area contributed by atoms with E-state index >= 15 is 0 Å². The summed E-state index contributed by atoms with van der Waals surface area (Å²) in [6.45, 7) is 2.83. The average Bonchev–Trinajstić information content (AvgIpc) is 2.93. The Kier molecular flexibility index (Phi) is 4.00. The number of nitrogens with one attached hydrogen (secondary N) is 1. The number of carbonyl (C=O) groups excluding carboxylic acids is 1. The molecular weight excluding hydrogens is 276 g/mol. The first-order valence-electron chi connectivity index (χ1n) is 7.21. The summed E-state index contributed by atoms with van der Waals surface area (Å²) in [6, 6.07) is -0.0795. The number of aromatic nitrogens is 2. The zero-order valence-corrected chi connectivity index (χ0v) is 12.4. The molecule has 3 N–H and O–H groups in total. The highest BCUT2D eigenvalue weighted by molar-refractivity contribution is 7.08. The summed E-state index contributed by atoms with van der Waals surface area (Å²) in [6.07, 6.45) is 3.97. The van der Waals surface area contributed by atoms with E-state index in [1.807, 2.05) is 0 Å². The summed E-state index contributed by atoms with van der Waals surface area (Å²) in [5.41, 5.74) is 6.93. The molecule has 2 aliphatic rings. The number of fused-ring (bicyclic) bond motifs is 1. The number of nitrogens with two attached hydrogens (primary N) is 1. The van der Waals surface area contributed by atoms with Gasteiger partial charge in [0, 0.05) is 18.6 Å². The Hall–Kier alpha value is -1.05. The van der Waals surface area contributed by atoms with E-state index in [1.54, 1.807) is 0 Å². The number of amides is 1. The molecule has 1 saturated heterocycles. The van der Waals surface area contributed by atoms with Gasteiger partial charge in [-0.25, -0.2) is 0 Å². The Morgan fingerprint density at radius 3 is 3.25 bits per heavy atom. The summed E-state index contributed by atoms with van der Waals surface area (Å²) < 4.78 is 9.62. The van der Waals surface area contributed by atoms with E-state index in [0.717, 1.165) is 49.5 Å². The summed E-state index contributed by atoms with van der Waals surface area (Å²) in [4.78, 5) is 12.9. The van der Waals surface area contributed by atoms with Crippen molar-refractivity contribution in [1.29, 1.82) is 0 Å². The molecular formula is C13H20N4O2S. The van der Waals surface area contributed by atoms with Gasteiger partial charge in [0.15, 0.2) is 0 Å². The van der Waals surface area contributed by atoms with Gasteiger partial charge in [0.1, 0.15) is 4.88 Å².